The van der Waals surface area contributed by atoms with Crippen molar-refractivity contribution in [2.24, 2.45) is 0 Å². The first-order valence-corrected chi connectivity index (χ1v) is 11.2. The molecule has 2 unspecified atom stereocenters. The molecule has 0 aliphatic carbocycles. The number of hydrogen-bond donors (Lipinski definition) is 1. The van der Waals surface area contributed by atoms with Crippen molar-refractivity contribution in [3.8, 4) is 5.75 Å². The highest BCUT2D eigenvalue weighted by Gasteiger charge is 2.25. The minimum atomic E-state index is -0.429. The summed E-state index contributed by atoms with van der Waals surface area (Å²) in [4.78, 5) is 15.1. The second-order valence-corrected chi connectivity index (χ2v) is 9.32. The summed E-state index contributed by atoms with van der Waals surface area (Å²) in [6, 6.07) is 13.9. The van der Waals surface area contributed by atoms with Gasteiger partial charge in [-0.05, 0) is 56.0 Å². The minimum Gasteiger partial charge on any atom is -0.507 e. The standard InChI is InChI=1S/C23H25BrO3S/c1-4-16(12-15-7-9-17(24)10-8-15)20-13-19(25)22(23(26)27-20)18(5-2)21-11-6-14(3)28-21/h6-11,13,16,18,25H,4-5,12H2,1-3H3. The van der Waals surface area contributed by atoms with Crippen molar-refractivity contribution in [2.45, 2.75) is 51.9 Å². The van der Waals surface area contributed by atoms with Gasteiger partial charge in [0.15, 0.2) is 0 Å². The van der Waals surface area contributed by atoms with Crippen LogP contribution in [0.5, 0.6) is 5.75 Å². The quantitative estimate of drug-likeness (QED) is 0.423. The molecular formula is C23H25BrO3S. The van der Waals surface area contributed by atoms with Crippen LogP contribution in [0.2, 0.25) is 0 Å². The largest absolute Gasteiger partial charge is 0.507 e. The van der Waals surface area contributed by atoms with Crippen molar-refractivity contribution >= 4 is 27.3 Å². The summed E-state index contributed by atoms with van der Waals surface area (Å²) < 4.78 is 6.76. The summed E-state index contributed by atoms with van der Waals surface area (Å²) in [5.41, 5.74) is 1.11. The lowest BCUT2D eigenvalue weighted by molar-refractivity contribution is 0.381. The van der Waals surface area contributed by atoms with Gasteiger partial charge in [-0.1, -0.05) is 41.9 Å². The number of hydrogen-bond acceptors (Lipinski definition) is 4. The first-order chi connectivity index (χ1) is 13.4. The van der Waals surface area contributed by atoms with Gasteiger partial charge in [-0.3, -0.25) is 0 Å². The van der Waals surface area contributed by atoms with Gasteiger partial charge in [-0.25, -0.2) is 4.79 Å². The smallest absolute Gasteiger partial charge is 0.343 e. The van der Waals surface area contributed by atoms with Crippen molar-refractivity contribution < 1.29 is 9.52 Å². The fraction of sp³-hybridized carbons (Fsp3) is 0.348. The number of halogens is 1. The average Bonchev–Trinajstić information content (AvgIpc) is 3.10. The molecule has 0 fully saturated rings. The van der Waals surface area contributed by atoms with Gasteiger partial charge in [-0.15, -0.1) is 11.3 Å². The second-order valence-electron chi connectivity index (χ2n) is 7.08. The molecule has 0 saturated carbocycles. The third-order valence-corrected chi connectivity index (χ3v) is 6.78. The van der Waals surface area contributed by atoms with Crippen LogP contribution in [0, 0.1) is 6.92 Å². The van der Waals surface area contributed by atoms with Crippen molar-refractivity contribution in [2.75, 3.05) is 0 Å². The van der Waals surface area contributed by atoms with Crippen molar-refractivity contribution in [1.29, 1.82) is 0 Å². The maximum absolute atomic E-state index is 12.8. The van der Waals surface area contributed by atoms with Crippen LogP contribution in [0.15, 0.2) is 56.1 Å². The van der Waals surface area contributed by atoms with E-state index in [4.69, 9.17) is 4.42 Å². The molecule has 2 atom stereocenters. The molecule has 0 aliphatic heterocycles. The van der Waals surface area contributed by atoms with E-state index in [0.717, 1.165) is 28.6 Å². The normalized spacial score (nSPS) is 13.4. The fourth-order valence-corrected chi connectivity index (χ4v) is 4.90. The highest BCUT2D eigenvalue weighted by atomic mass is 79.9. The monoisotopic (exact) mass is 460 g/mol. The molecule has 3 aromatic rings. The van der Waals surface area contributed by atoms with Gasteiger partial charge < -0.3 is 9.52 Å². The molecule has 0 spiro atoms. The molecule has 2 aromatic heterocycles. The van der Waals surface area contributed by atoms with E-state index in [1.54, 1.807) is 17.4 Å². The maximum Gasteiger partial charge on any atom is 0.343 e. The number of aryl methyl sites for hydroxylation is 1. The second kappa shape index (κ2) is 9.10. The molecule has 5 heteroatoms. The molecule has 0 amide bonds. The Morgan fingerprint density at radius 2 is 1.82 bits per heavy atom. The van der Waals surface area contributed by atoms with Crippen molar-refractivity contribution in [3.63, 3.8) is 0 Å². The summed E-state index contributed by atoms with van der Waals surface area (Å²) in [5, 5.41) is 10.7. The average molecular weight is 461 g/mol. The van der Waals surface area contributed by atoms with Gasteiger partial charge in [-0.2, -0.15) is 0 Å². The van der Waals surface area contributed by atoms with Gasteiger partial charge in [0.2, 0.25) is 0 Å². The van der Waals surface area contributed by atoms with Gasteiger partial charge in [0, 0.05) is 32.1 Å². The van der Waals surface area contributed by atoms with E-state index in [1.807, 2.05) is 38.1 Å². The third kappa shape index (κ3) is 4.58. The van der Waals surface area contributed by atoms with Crippen LogP contribution in [-0.2, 0) is 6.42 Å². The highest BCUT2D eigenvalue weighted by Crippen LogP contribution is 2.37. The molecular weight excluding hydrogens is 436 g/mol. The highest BCUT2D eigenvalue weighted by molar-refractivity contribution is 9.10. The van der Waals surface area contributed by atoms with Crippen molar-refractivity contribution in [3.05, 3.63) is 84.0 Å². The van der Waals surface area contributed by atoms with E-state index in [9.17, 15) is 9.90 Å². The molecule has 0 radical (unpaired) electrons. The van der Waals surface area contributed by atoms with E-state index < -0.39 is 5.63 Å². The van der Waals surface area contributed by atoms with E-state index in [-0.39, 0.29) is 17.6 Å². The molecule has 0 saturated heterocycles. The van der Waals surface area contributed by atoms with Gasteiger partial charge in [0.25, 0.3) is 0 Å². The zero-order valence-corrected chi connectivity index (χ0v) is 18.8. The van der Waals surface area contributed by atoms with Crippen LogP contribution in [0.3, 0.4) is 0 Å². The zero-order chi connectivity index (χ0) is 20.3. The molecule has 1 aromatic carbocycles. The minimum absolute atomic E-state index is 0.0397. The number of thiophene rings is 1. The molecule has 3 nitrogen and oxygen atoms in total. The first-order valence-electron chi connectivity index (χ1n) is 9.60. The lowest BCUT2D eigenvalue weighted by atomic mass is 9.92. The Bertz CT molecular complexity index is 988. The first kappa shape index (κ1) is 20.9. The van der Waals surface area contributed by atoms with Gasteiger partial charge in [0.05, 0.1) is 5.56 Å². The Labute approximate surface area is 178 Å². The fourth-order valence-electron chi connectivity index (χ4n) is 3.57. The molecule has 148 valence electrons. The summed E-state index contributed by atoms with van der Waals surface area (Å²) in [5.74, 6) is 0.487. The lowest BCUT2D eigenvalue weighted by Gasteiger charge is -2.18. The van der Waals surface area contributed by atoms with E-state index in [1.165, 1.54) is 10.4 Å². The molecule has 0 bridgehead atoms. The summed E-state index contributed by atoms with van der Waals surface area (Å²) in [7, 11) is 0. The predicted molar refractivity (Wildman–Crippen MR) is 119 cm³/mol. The SMILES string of the molecule is CCC(Cc1ccc(Br)cc1)c1cc(O)c(C(CC)c2ccc(C)s2)c(=O)o1. The Balaban J connectivity index is 1.93. The summed E-state index contributed by atoms with van der Waals surface area (Å²) >= 11 is 5.10. The Morgan fingerprint density at radius 3 is 2.36 bits per heavy atom. The van der Waals surface area contributed by atoms with Crippen LogP contribution in [0.25, 0.3) is 0 Å². The molecule has 2 heterocycles. The Hall–Kier alpha value is -1.85. The van der Waals surface area contributed by atoms with Crippen LogP contribution in [0.1, 0.15) is 65.2 Å². The van der Waals surface area contributed by atoms with Gasteiger partial charge in [0.1, 0.15) is 11.5 Å². The maximum atomic E-state index is 12.8. The van der Waals surface area contributed by atoms with E-state index in [0.29, 0.717) is 11.3 Å². The molecule has 3 rings (SSSR count). The Kier molecular flexibility index (Phi) is 6.78. The topological polar surface area (TPSA) is 50.4 Å². The summed E-state index contributed by atoms with van der Waals surface area (Å²) in [6.45, 7) is 6.13. The zero-order valence-electron chi connectivity index (χ0n) is 16.4. The van der Waals surface area contributed by atoms with Crippen molar-refractivity contribution in [1.82, 2.24) is 0 Å². The molecule has 0 aliphatic rings. The van der Waals surface area contributed by atoms with E-state index in [2.05, 4.69) is 35.0 Å². The number of aromatic hydroxyl groups is 1. The number of rotatable bonds is 7. The predicted octanol–water partition coefficient (Wildman–Crippen LogP) is 6.76. The van der Waals surface area contributed by atoms with Gasteiger partial charge >= 0.3 is 5.63 Å². The number of benzene rings is 1. The third-order valence-electron chi connectivity index (χ3n) is 5.14. The molecule has 28 heavy (non-hydrogen) atoms. The van der Waals surface area contributed by atoms with Crippen LogP contribution >= 0.6 is 27.3 Å². The van der Waals surface area contributed by atoms with E-state index >= 15 is 0 Å². The lowest BCUT2D eigenvalue weighted by Crippen LogP contribution is -2.15. The Morgan fingerprint density at radius 1 is 1.11 bits per heavy atom. The molecule has 1 N–H and O–H groups in total. The van der Waals surface area contributed by atoms with Crippen LogP contribution in [0.4, 0.5) is 0 Å². The van der Waals surface area contributed by atoms with Crippen LogP contribution in [-0.4, -0.2) is 5.11 Å². The van der Waals surface area contributed by atoms with Crippen LogP contribution < -0.4 is 5.63 Å². The summed E-state index contributed by atoms with van der Waals surface area (Å²) in [6.07, 6.45) is 2.31.